The summed E-state index contributed by atoms with van der Waals surface area (Å²) in [5.41, 5.74) is 5.75. The summed E-state index contributed by atoms with van der Waals surface area (Å²) in [4.78, 5) is 0. The first-order valence-corrected chi connectivity index (χ1v) is 4.61. The second-order valence-corrected chi connectivity index (χ2v) is 3.49. The topological polar surface area (TPSA) is 0 Å². The molecule has 2 aromatic carbocycles. The number of rotatable bonds is 0. The van der Waals surface area contributed by atoms with E-state index in [1.807, 2.05) is 0 Å². The zero-order valence-corrected chi connectivity index (χ0v) is 9.92. The van der Waals surface area contributed by atoms with Crippen LogP contribution in [0.5, 0.6) is 0 Å². The Hall–Kier alpha value is -1.04. The van der Waals surface area contributed by atoms with Crippen LogP contribution in [0.1, 0.15) is 11.1 Å². The van der Waals surface area contributed by atoms with Crippen molar-refractivity contribution in [2.24, 2.45) is 0 Å². The van der Waals surface area contributed by atoms with Crippen molar-refractivity contribution in [1.82, 2.24) is 0 Å². The van der Waals surface area contributed by atoms with Gasteiger partial charge in [-0.15, -0.1) is 0 Å². The summed E-state index contributed by atoms with van der Waals surface area (Å²) in [6.07, 6.45) is 1.10. The molecule has 1 aliphatic rings. The molecule has 0 saturated heterocycles. The van der Waals surface area contributed by atoms with E-state index in [2.05, 4.69) is 48.5 Å². The van der Waals surface area contributed by atoms with Crippen LogP contribution in [0.2, 0.25) is 0 Å². The van der Waals surface area contributed by atoms with Gasteiger partial charge in [-0.1, -0.05) is 48.5 Å². The van der Waals surface area contributed by atoms with Crippen molar-refractivity contribution < 1.29 is 0 Å². The third-order valence-electron chi connectivity index (χ3n) is 2.71. The van der Waals surface area contributed by atoms with Gasteiger partial charge < -0.3 is 0 Å². The van der Waals surface area contributed by atoms with Crippen LogP contribution < -0.4 is 0 Å². The molecular weight excluding hydrogens is 235 g/mol. The van der Waals surface area contributed by atoms with E-state index in [1.165, 1.54) is 22.3 Å². The van der Waals surface area contributed by atoms with E-state index in [4.69, 9.17) is 0 Å². The Morgan fingerprint density at radius 2 is 1.07 bits per heavy atom. The predicted molar refractivity (Wildman–Crippen MR) is 63.2 cm³/mol. The molecule has 0 spiro atoms. The van der Waals surface area contributed by atoms with Crippen molar-refractivity contribution in [2.45, 2.75) is 6.42 Å². The first-order valence-electron chi connectivity index (χ1n) is 4.61. The average Bonchev–Trinajstić information content (AvgIpc) is 2.56. The molecule has 0 aliphatic heterocycles. The van der Waals surface area contributed by atoms with Crippen LogP contribution >= 0.6 is 0 Å². The molecule has 0 N–H and O–H groups in total. The smallest absolute Gasteiger partial charge is 0.00135 e. The Kier molecular flexibility index (Phi) is 2.45. The van der Waals surface area contributed by atoms with Gasteiger partial charge in [0.15, 0.2) is 0 Å². The maximum Gasteiger partial charge on any atom is -0.00135 e. The van der Waals surface area contributed by atoms with E-state index in [0.29, 0.717) is 0 Å². The molecule has 0 atom stereocenters. The van der Waals surface area contributed by atoms with Crippen molar-refractivity contribution in [2.75, 3.05) is 0 Å². The van der Waals surface area contributed by atoms with Crippen LogP contribution in [0, 0.1) is 0 Å². The average molecular weight is 247 g/mol. The number of benzene rings is 2. The monoisotopic (exact) mass is 248 g/mol. The molecule has 0 bridgehead atoms. The molecule has 1 heteroatoms. The molecule has 0 radical (unpaired) electrons. The summed E-state index contributed by atoms with van der Waals surface area (Å²) in [5, 5.41) is 0. The van der Waals surface area contributed by atoms with Crippen molar-refractivity contribution in [1.29, 1.82) is 0 Å². The zero-order valence-electron chi connectivity index (χ0n) is 7.83. The molecule has 0 fully saturated rings. The summed E-state index contributed by atoms with van der Waals surface area (Å²) in [6, 6.07) is 17.3. The van der Waals surface area contributed by atoms with Gasteiger partial charge in [-0.05, 0) is 28.7 Å². The van der Waals surface area contributed by atoms with E-state index in [9.17, 15) is 0 Å². The Morgan fingerprint density at radius 3 is 1.57 bits per heavy atom. The van der Waals surface area contributed by atoms with Crippen LogP contribution in [0.4, 0.5) is 0 Å². The maximum atomic E-state index is 2.22. The molecule has 1 aliphatic carbocycles. The number of hydrogen-bond donors (Lipinski definition) is 0. The van der Waals surface area contributed by atoms with Gasteiger partial charge in [0.2, 0.25) is 0 Å². The first kappa shape index (κ1) is 9.51. The molecule has 0 aromatic heterocycles. The van der Waals surface area contributed by atoms with E-state index >= 15 is 0 Å². The Balaban J connectivity index is 0.000000750. The van der Waals surface area contributed by atoms with Crippen LogP contribution in [-0.2, 0) is 6.42 Å². The molecule has 3 rings (SSSR count). The van der Waals surface area contributed by atoms with Gasteiger partial charge in [0.25, 0.3) is 0 Å². The molecular formula is C13H12Se. The number of hydrogen-bond acceptors (Lipinski definition) is 0. The molecule has 0 unspecified atom stereocenters. The molecule has 0 heterocycles. The molecule has 2 aromatic rings. The van der Waals surface area contributed by atoms with Gasteiger partial charge in [0.05, 0.1) is 0 Å². The van der Waals surface area contributed by atoms with Gasteiger partial charge in [0.1, 0.15) is 0 Å². The third-order valence-corrected chi connectivity index (χ3v) is 2.71. The SMILES string of the molecule is [SeH2].c1ccc2c(c1)Cc1ccccc1-2. The second-order valence-electron chi connectivity index (χ2n) is 3.49. The van der Waals surface area contributed by atoms with Gasteiger partial charge in [-0.25, -0.2) is 0 Å². The summed E-state index contributed by atoms with van der Waals surface area (Å²) in [7, 11) is 0. The molecule has 0 saturated carbocycles. The Bertz CT molecular complexity index is 417. The van der Waals surface area contributed by atoms with E-state index in [0.717, 1.165) is 6.42 Å². The molecule has 0 amide bonds. The fourth-order valence-corrected chi connectivity index (χ4v) is 2.08. The normalized spacial score (nSPS) is 11.4. The first-order chi connectivity index (χ1) is 6.45. The van der Waals surface area contributed by atoms with Gasteiger partial charge in [0, 0.05) is 0 Å². The quantitative estimate of drug-likeness (QED) is 0.535. The third kappa shape index (κ3) is 1.30. The standard InChI is InChI=1S/C13H10.H2Se/c1-3-7-12-10(5-1)9-11-6-2-4-8-13(11)12;/h1-8H,9H2;1H2. The second kappa shape index (κ2) is 3.61. The van der Waals surface area contributed by atoms with Crippen molar-refractivity contribution >= 4 is 17.1 Å². The van der Waals surface area contributed by atoms with Crippen LogP contribution in [0.25, 0.3) is 11.1 Å². The van der Waals surface area contributed by atoms with Gasteiger partial charge in [-0.3, -0.25) is 0 Å². The molecule has 14 heavy (non-hydrogen) atoms. The maximum absolute atomic E-state index is 2.22. The minimum Gasteiger partial charge on any atom is -0.0619 e. The fourth-order valence-electron chi connectivity index (χ4n) is 2.08. The largest absolute Gasteiger partial charge is 0.0619 e. The fraction of sp³-hybridized carbons (Fsp3) is 0.0769. The van der Waals surface area contributed by atoms with Crippen LogP contribution in [0.15, 0.2) is 48.5 Å². The van der Waals surface area contributed by atoms with Crippen molar-refractivity contribution in [3.05, 3.63) is 59.7 Å². The van der Waals surface area contributed by atoms with Crippen LogP contribution in [0.3, 0.4) is 0 Å². The molecule has 0 nitrogen and oxygen atoms in total. The number of fused-ring (bicyclic) bond motifs is 3. The summed E-state index contributed by atoms with van der Waals surface area (Å²) in [6.45, 7) is 0. The minimum absolute atomic E-state index is 0. The minimum atomic E-state index is 0. The van der Waals surface area contributed by atoms with Crippen LogP contribution in [-0.4, -0.2) is 17.1 Å². The predicted octanol–water partition coefficient (Wildman–Crippen LogP) is 2.34. The van der Waals surface area contributed by atoms with Crippen molar-refractivity contribution in [3.63, 3.8) is 0 Å². The zero-order chi connectivity index (χ0) is 8.67. The van der Waals surface area contributed by atoms with E-state index in [1.54, 1.807) is 0 Å². The summed E-state index contributed by atoms with van der Waals surface area (Å²) < 4.78 is 0. The van der Waals surface area contributed by atoms with Gasteiger partial charge >= 0.3 is 17.1 Å². The Morgan fingerprint density at radius 1 is 0.643 bits per heavy atom. The summed E-state index contributed by atoms with van der Waals surface area (Å²) >= 11 is 0. The van der Waals surface area contributed by atoms with Gasteiger partial charge in [-0.2, -0.15) is 0 Å². The van der Waals surface area contributed by atoms with Crippen molar-refractivity contribution in [3.8, 4) is 11.1 Å². The Labute approximate surface area is 94.4 Å². The molecule has 70 valence electrons. The summed E-state index contributed by atoms with van der Waals surface area (Å²) in [5.74, 6) is 0. The van der Waals surface area contributed by atoms with E-state index < -0.39 is 0 Å². The van der Waals surface area contributed by atoms with E-state index in [-0.39, 0.29) is 17.1 Å².